The van der Waals surface area contributed by atoms with Crippen molar-refractivity contribution in [3.05, 3.63) is 12.3 Å². The van der Waals surface area contributed by atoms with Crippen molar-refractivity contribution >= 4 is 0 Å². The normalized spacial score (nSPS) is 11.1. The molecule has 0 aromatic heterocycles. The van der Waals surface area contributed by atoms with E-state index in [9.17, 15) is 0 Å². The Morgan fingerprint density at radius 1 is 1.67 bits per heavy atom. The van der Waals surface area contributed by atoms with Crippen LogP contribution in [0.1, 0.15) is 13.3 Å². The van der Waals surface area contributed by atoms with Crippen molar-refractivity contribution in [2.24, 2.45) is 11.5 Å². The van der Waals surface area contributed by atoms with E-state index in [1.54, 1.807) is 0 Å². The van der Waals surface area contributed by atoms with Crippen LogP contribution in [-0.2, 0) is 4.74 Å². The Labute approximate surface area is 55.7 Å². The van der Waals surface area contributed by atoms with Gasteiger partial charge in [-0.05, 0) is 6.42 Å². The van der Waals surface area contributed by atoms with Crippen LogP contribution in [0.15, 0.2) is 12.3 Å². The van der Waals surface area contributed by atoms with Crippen LogP contribution in [0.25, 0.3) is 0 Å². The van der Waals surface area contributed by atoms with E-state index in [-0.39, 0.29) is 0 Å². The molecule has 0 heterocycles. The van der Waals surface area contributed by atoms with E-state index in [1.165, 1.54) is 7.11 Å². The maximum atomic E-state index is 5.52. The molecule has 0 bridgehead atoms. The number of rotatable bonds is 3. The molecule has 0 fully saturated rings. The first-order valence-electron chi connectivity index (χ1n) is 2.85. The lowest BCUT2D eigenvalue weighted by Crippen LogP contribution is -2.50. The van der Waals surface area contributed by atoms with Gasteiger partial charge in [-0.1, -0.05) is 13.5 Å². The Hall–Kier alpha value is -0.540. The van der Waals surface area contributed by atoms with Crippen LogP contribution in [0, 0.1) is 0 Å². The lowest BCUT2D eigenvalue weighted by molar-refractivity contribution is 0.221. The maximum Gasteiger partial charge on any atom is 0.123 e. The Bertz CT molecular complexity index is 110. The van der Waals surface area contributed by atoms with Gasteiger partial charge >= 0.3 is 0 Å². The molecule has 0 amide bonds. The molecular weight excluding hydrogens is 116 g/mol. The van der Waals surface area contributed by atoms with E-state index >= 15 is 0 Å². The summed E-state index contributed by atoms with van der Waals surface area (Å²) >= 11 is 0. The first kappa shape index (κ1) is 8.46. The van der Waals surface area contributed by atoms with E-state index in [0.717, 1.165) is 0 Å². The lowest BCUT2D eigenvalue weighted by atomic mass is 10.1. The molecule has 0 aromatic carbocycles. The Morgan fingerprint density at radius 3 is 2.22 bits per heavy atom. The first-order chi connectivity index (χ1) is 4.04. The quantitative estimate of drug-likeness (QED) is 0.423. The highest BCUT2D eigenvalue weighted by Gasteiger charge is 2.20. The summed E-state index contributed by atoms with van der Waals surface area (Å²) in [5.41, 5.74) is 10.2. The average Bonchev–Trinajstić information content (AvgIpc) is 1.86. The summed E-state index contributed by atoms with van der Waals surface area (Å²) in [6.45, 7) is 5.42. The fourth-order valence-corrected chi connectivity index (χ4v) is 0.387. The fraction of sp³-hybridized carbons (Fsp3) is 0.667. The van der Waals surface area contributed by atoms with E-state index in [0.29, 0.717) is 12.2 Å². The minimum Gasteiger partial charge on any atom is -0.498 e. The van der Waals surface area contributed by atoms with Gasteiger partial charge in [0.25, 0.3) is 0 Å². The molecule has 0 atom stereocenters. The largest absolute Gasteiger partial charge is 0.498 e. The molecule has 54 valence electrons. The van der Waals surface area contributed by atoms with Gasteiger partial charge in [-0.3, -0.25) is 0 Å². The van der Waals surface area contributed by atoms with Crippen molar-refractivity contribution < 1.29 is 4.74 Å². The summed E-state index contributed by atoms with van der Waals surface area (Å²) in [6.07, 6.45) is 0.625. The third-order valence-corrected chi connectivity index (χ3v) is 1.35. The Balaban J connectivity index is 3.97. The van der Waals surface area contributed by atoms with Gasteiger partial charge in [0.2, 0.25) is 0 Å². The van der Waals surface area contributed by atoms with Gasteiger partial charge < -0.3 is 16.2 Å². The molecule has 0 spiro atoms. The third-order valence-electron chi connectivity index (χ3n) is 1.35. The summed E-state index contributed by atoms with van der Waals surface area (Å²) < 4.78 is 4.76. The zero-order chi connectivity index (χ0) is 7.49. The summed E-state index contributed by atoms with van der Waals surface area (Å²) in [7, 11) is 1.51. The number of methoxy groups -OCH3 is 1. The topological polar surface area (TPSA) is 61.3 Å². The van der Waals surface area contributed by atoms with Crippen LogP contribution in [0.3, 0.4) is 0 Å². The van der Waals surface area contributed by atoms with Gasteiger partial charge in [-0.25, -0.2) is 0 Å². The molecule has 0 aliphatic carbocycles. The van der Waals surface area contributed by atoms with Gasteiger partial charge in [-0.15, -0.1) is 0 Å². The predicted molar refractivity (Wildman–Crippen MR) is 37.5 cm³/mol. The minimum absolute atomic E-state index is 0.421. The molecule has 0 aliphatic heterocycles. The molecule has 0 aromatic rings. The molecule has 0 saturated carbocycles. The van der Waals surface area contributed by atoms with Crippen LogP contribution < -0.4 is 11.5 Å². The Morgan fingerprint density at radius 2 is 2.11 bits per heavy atom. The van der Waals surface area contributed by atoms with Crippen LogP contribution in [0.2, 0.25) is 0 Å². The highest BCUT2D eigenvalue weighted by molar-refractivity contribution is 5.03. The number of ether oxygens (including phenoxy) is 1. The summed E-state index contributed by atoms with van der Waals surface area (Å²) in [4.78, 5) is 0. The van der Waals surface area contributed by atoms with Crippen molar-refractivity contribution in [2.45, 2.75) is 19.0 Å². The van der Waals surface area contributed by atoms with Gasteiger partial charge in [0, 0.05) is 0 Å². The first-order valence-corrected chi connectivity index (χ1v) is 2.85. The van der Waals surface area contributed by atoms with Crippen molar-refractivity contribution in [2.75, 3.05) is 7.11 Å². The zero-order valence-corrected chi connectivity index (χ0v) is 5.98. The molecule has 3 nitrogen and oxygen atoms in total. The maximum absolute atomic E-state index is 5.52. The second-order valence-corrected chi connectivity index (χ2v) is 2.02. The van der Waals surface area contributed by atoms with Crippen LogP contribution in [-0.4, -0.2) is 12.8 Å². The van der Waals surface area contributed by atoms with Crippen LogP contribution >= 0.6 is 0 Å². The second kappa shape index (κ2) is 2.85. The monoisotopic (exact) mass is 130 g/mol. The molecular formula is C6H14N2O. The minimum atomic E-state index is -0.866. The number of nitrogens with two attached hydrogens (primary N) is 2. The standard InChI is InChI=1S/C6H14N2O/c1-4-6(7,8)5(2)9-3/h2,4,7-8H2,1,3H3. The van der Waals surface area contributed by atoms with Crippen molar-refractivity contribution in [1.29, 1.82) is 0 Å². The fourth-order valence-electron chi connectivity index (χ4n) is 0.387. The highest BCUT2D eigenvalue weighted by atomic mass is 16.5. The molecule has 0 saturated heterocycles. The molecule has 0 unspecified atom stereocenters. The highest BCUT2D eigenvalue weighted by Crippen LogP contribution is 2.08. The van der Waals surface area contributed by atoms with Crippen LogP contribution in [0.4, 0.5) is 0 Å². The van der Waals surface area contributed by atoms with E-state index in [2.05, 4.69) is 6.58 Å². The van der Waals surface area contributed by atoms with Crippen molar-refractivity contribution in [3.63, 3.8) is 0 Å². The molecule has 9 heavy (non-hydrogen) atoms. The number of hydrogen-bond donors (Lipinski definition) is 2. The molecule has 0 aliphatic rings. The van der Waals surface area contributed by atoms with Crippen molar-refractivity contribution in [3.8, 4) is 0 Å². The van der Waals surface area contributed by atoms with Crippen LogP contribution in [0.5, 0.6) is 0 Å². The Kier molecular flexibility index (Phi) is 2.67. The second-order valence-electron chi connectivity index (χ2n) is 2.02. The van der Waals surface area contributed by atoms with Crippen molar-refractivity contribution in [1.82, 2.24) is 0 Å². The number of hydrogen-bond acceptors (Lipinski definition) is 3. The van der Waals surface area contributed by atoms with Gasteiger partial charge in [0.15, 0.2) is 0 Å². The average molecular weight is 130 g/mol. The molecule has 4 N–H and O–H groups in total. The lowest BCUT2D eigenvalue weighted by Gasteiger charge is -2.23. The van der Waals surface area contributed by atoms with Gasteiger partial charge in [0.1, 0.15) is 11.4 Å². The third kappa shape index (κ3) is 2.03. The van der Waals surface area contributed by atoms with Gasteiger partial charge in [0.05, 0.1) is 7.11 Å². The summed E-state index contributed by atoms with van der Waals surface area (Å²) in [5.74, 6) is 0.421. The summed E-state index contributed by atoms with van der Waals surface area (Å²) in [6, 6.07) is 0. The predicted octanol–water partition coefficient (Wildman–Crippen LogP) is 0.170. The van der Waals surface area contributed by atoms with E-state index < -0.39 is 5.66 Å². The SMILES string of the molecule is C=C(OC)C(N)(N)CC. The molecule has 0 radical (unpaired) electrons. The smallest absolute Gasteiger partial charge is 0.123 e. The zero-order valence-electron chi connectivity index (χ0n) is 5.98. The van der Waals surface area contributed by atoms with E-state index in [4.69, 9.17) is 16.2 Å². The molecule has 0 rings (SSSR count). The van der Waals surface area contributed by atoms with Gasteiger partial charge in [-0.2, -0.15) is 0 Å². The summed E-state index contributed by atoms with van der Waals surface area (Å²) in [5, 5.41) is 0. The molecule has 3 heteroatoms. The van der Waals surface area contributed by atoms with E-state index in [1.807, 2.05) is 6.92 Å².